The van der Waals surface area contributed by atoms with Gasteiger partial charge in [0.15, 0.2) is 0 Å². The highest BCUT2D eigenvalue weighted by Gasteiger charge is 2.22. The third-order valence-corrected chi connectivity index (χ3v) is 5.75. The molecule has 0 fully saturated rings. The average Bonchev–Trinajstić information content (AvgIpc) is 2.84. The van der Waals surface area contributed by atoms with Gasteiger partial charge in [0.2, 0.25) is 0 Å². The molecule has 4 N–H and O–H groups in total. The molecule has 0 saturated heterocycles. The number of esters is 1. The Morgan fingerprint density at radius 3 is 1.89 bits per heavy atom. The molecule has 0 saturated carbocycles. The highest BCUT2D eigenvalue weighted by atomic mass is 35.5. The van der Waals surface area contributed by atoms with Crippen molar-refractivity contribution in [3.05, 3.63) is 83.4 Å². The molecule has 190 valence electrons. The summed E-state index contributed by atoms with van der Waals surface area (Å²) in [7, 11) is 0. The van der Waals surface area contributed by atoms with Crippen LogP contribution < -0.4 is 5.73 Å². The smallest absolute Gasteiger partial charge is 0.336 e. The minimum Gasteiger partial charge on any atom is -0.478 e. The van der Waals surface area contributed by atoms with Crippen LogP contribution in [-0.4, -0.2) is 40.3 Å². The van der Waals surface area contributed by atoms with Gasteiger partial charge in [0.25, 0.3) is 0 Å². The Bertz CT molecular complexity index is 1240. The van der Waals surface area contributed by atoms with Crippen LogP contribution in [0.3, 0.4) is 0 Å². The zero-order chi connectivity index (χ0) is 25.5. The average molecular weight is 512 g/mol. The Balaban J connectivity index is 0.00000456. The quantitative estimate of drug-likeness (QED) is 0.309. The molecular weight excluding hydrogens is 482 g/mol. The summed E-state index contributed by atoms with van der Waals surface area (Å²) in [5, 5.41) is 19.5. The van der Waals surface area contributed by atoms with Crippen LogP contribution in [0.15, 0.2) is 66.7 Å². The SMILES string of the molecule is CCCC(C)OC(=O)[C@@H](N)Cc1ccc(-c2ccccc2C(=O)O)c(-c2ccccc2C(=O)O)c1.Cl. The standard InChI is InChI=1S/C28H29NO6.ClH/c1-3-8-17(2)35-28(34)25(29)16-18-13-14-21(19-9-4-6-11-22(19)26(30)31)24(15-18)20-10-5-7-12-23(20)27(32)33;/h4-7,9-15,17,25H,3,8,16,29H2,1-2H3,(H,30,31)(H,32,33);1H/t17?,25-;/m0./s1. The molecule has 2 atom stereocenters. The molecule has 1 unspecified atom stereocenters. The molecule has 8 heteroatoms. The van der Waals surface area contributed by atoms with E-state index in [9.17, 15) is 24.6 Å². The van der Waals surface area contributed by atoms with E-state index in [1.165, 1.54) is 12.1 Å². The molecule has 0 aliphatic rings. The fraction of sp³-hybridized carbons (Fsp3) is 0.250. The first-order valence-corrected chi connectivity index (χ1v) is 11.5. The van der Waals surface area contributed by atoms with E-state index in [2.05, 4.69) is 0 Å². The zero-order valence-corrected chi connectivity index (χ0v) is 21.0. The summed E-state index contributed by atoms with van der Waals surface area (Å²) in [6, 6.07) is 17.4. The van der Waals surface area contributed by atoms with Crippen LogP contribution in [0.4, 0.5) is 0 Å². The Kier molecular flexibility index (Phi) is 10.2. The molecule has 7 nitrogen and oxygen atoms in total. The molecule has 36 heavy (non-hydrogen) atoms. The number of rotatable bonds is 10. The van der Waals surface area contributed by atoms with Gasteiger partial charge in [0.1, 0.15) is 6.04 Å². The van der Waals surface area contributed by atoms with Crippen LogP contribution in [0.25, 0.3) is 22.3 Å². The van der Waals surface area contributed by atoms with E-state index in [0.717, 1.165) is 12.8 Å². The number of carbonyl (C=O) groups excluding carboxylic acids is 1. The maximum absolute atomic E-state index is 12.4. The Labute approximate surface area is 216 Å². The number of benzene rings is 3. The minimum atomic E-state index is -1.10. The van der Waals surface area contributed by atoms with Crippen molar-refractivity contribution >= 4 is 30.3 Å². The Morgan fingerprint density at radius 2 is 1.36 bits per heavy atom. The molecule has 0 radical (unpaired) electrons. The Hall–Kier alpha value is -3.68. The van der Waals surface area contributed by atoms with Crippen molar-refractivity contribution in [2.75, 3.05) is 0 Å². The topological polar surface area (TPSA) is 127 Å². The number of halogens is 1. The number of carboxylic acids is 2. The highest BCUT2D eigenvalue weighted by molar-refractivity contribution is 6.02. The van der Waals surface area contributed by atoms with Crippen molar-refractivity contribution in [1.82, 2.24) is 0 Å². The van der Waals surface area contributed by atoms with Crippen molar-refractivity contribution in [1.29, 1.82) is 0 Å². The molecule has 0 aliphatic carbocycles. The highest BCUT2D eigenvalue weighted by Crippen LogP contribution is 2.37. The number of ether oxygens (including phenoxy) is 1. The summed E-state index contributed by atoms with van der Waals surface area (Å²) < 4.78 is 5.42. The van der Waals surface area contributed by atoms with Crippen LogP contribution in [0.1, 0.15) is 53.0 Å². The first-order valence-electron chi connectivity index (χ1n) is 11.5. The maximum Gasteiger partial charge on any atom is 0.336 e. The lowest BCUT2D eigenvalue weighted by atomic mass is 9.87. The minimum absolute atomic E-state index is 0. The van der Waals surface area contributed by atoms with Gasteiger partial charge in [-0.1, -0.05) is 67.9 Å². The van der Waals surface area contributed by atoms with Crippen LogP contribution in [0.2, 0.25) is 0 Å². The van der Waals surface area contributed by atoms with Gasteiger partial charge in [-0.25, -0.2) is 9.59 Å². The summed E-state index contributed by atoms with van der Waals surface area (Å²) in [5.41, 5.74) is 8.99. The monoisotopic (exact) mass is 511 g/mol. The normalized spacial score (nSPS) is 12.2. The molecule has 0 heterocycles. The van der Waals surface area contributed by atoms with Crippen molar-refractivity contribution in [2.45, 2.75) is 45.3 Å². The second-order valence-electron chi connectivity index (χ2n) is 8.43. The summed E-state index contributed by atoms with van der Waals surface area (Å²) in [4.78, 5) is 36.3. The van der Waals surface area contributed by atoms with E-state index >= 15 is 0 Å². The second-order valence-corrected chi connectivity index (χ2v) is 8.43. The predicted molar refractivity (Wildman–Crippen MR) is 141 cm³/mol. The fourth-order valence-corrected chi connectivity index (χ4v) is 4.07. The van der Waals surface area contributed by atoms with Crippen molar-refractivity contribution in [3.63, 3.8) is 0 Å². The molecule has 3 rings (SSSR count). The van der Waals surface area contributed by atoms with Gasteiger partial charge in [-0.15, -0.1) is 12.4 Å². The van der Waals surface area contributed by atoms with Gasteiger partial charge >= 0.3 is 17.9 Å². The second kappa shape index (κ2) is 12.9. The zero-order valence-electron chi connectivity index (χ0n) is 20.1. The number of nitrogens with two attached hydrogens (primary N) is 1. The lowest BCUT2D eigenvalue weighted by Gasteiger charge is -2.18. The van der Waals surface area contributed by atoms with E-state index in [4.69, 9.17) is 10.5 Å². The maximum atomic E-state index is 12.4. The van der Waals surface area contributed by atoms with Gasteiger partial charge in [0.05, 0.1) is 17.2 Å². The molecule has 3 aromatic carbocycles. The van der Waals surface area contributed by atoms with Gasteiger partial charge < -0.3 is 20.7 Å². The molecule has 0 amide bonds. The van der Waals surface area contributed by atoms with Crippen molar-refractivity contribution in [3.8, 4) is 22.3 Å². The van der Waals surface area contributed by atoms with Gasteiger partial charge in [0, 0.05) is 0 Å². The number of hydrogen-bond donors (Lipinski definition) is 3. The molecule has 0 bridgehead atoms. The third-order valence-electron chi connectivity index (χ3n) is 5.75. The summed E-state index contributed by atoms with van der Waals surface area (Å²) in [6.07, 6.45) is 1.58. The third kappa shape index (κ3) is 6.71. The Morgan fingerprint density at radius 1 is 0.833 bits per heavy atom. The van der Waals surface area contributed by atoms with E-state index in [-0.39, 0.29) is 36.1 Å². The number of carboxylic acid groups (broad SMARTS) is 2. The van der Waals surface area contributed by atoms with Crippen molar-refractivity contribution < 1.29 is 29.3 Å². The van der Waals surface area contributed by atoms with E-state index in [1.54, 1.807) is 54.6 Å². The van der Waals surface area contributed by atoms with Crippen LogP contribution >= 0.6 is 12.4 Å². The molecule has 0 aromatic heterocycles. The molecule has 3 aromatic rings. The lowest BCUT2D eigenvalue weighted by Crippen LogP contribution is -2.36. The van der Waals surface area contributed by atoms with Crippen LogP contribution in [0, 0.1) is 0 Å². The largest absolute Gasteiger partial charge is 0.478 e. The van der Waals surface area contributed by atoms with Gasteiger partial charge in [-0.2, -0.15) is 0 Å². The van der Waals surface area contributed by atoms with Crippen LogP contribution in [-0.2, 0) is 16.0 Å². The first-order chi connectivity index (χ1) is 16.7. The van der Waals surface area contributed by atoms with E-state index < -0.39 is 23.9 Å². The molecule has 0 spiro atoms. The summed E-state index contributed by atoms with van der Waals surface area (Å²) >= 11 is 0. The summed E-state index contributed by atoms with van der Waals surface area (Å²) in [5.74, 6) is -2.69. The number of aromatic carboxylic acids is 2. The van der Waals surface area contributed by atoms with Crippen molar-refractivity contribution in [2.24, 2.45) is 5.73 Å². The number of hydrogen-bond acceptors (Lipinski definition) is 5. The fourth-order valence-electron chi connectivity index (χ4n) is 4.07. The number of carbonyl (C=O) groups is 3. The van der Waals surface area contributed by atoms with E-state index in [1.807, 2.05) is 13.8 Å². The lowest BCUT2D eigenvalue weighted by molar-refractivity contribution is -0.150. The van der Waals surface area contributed by atoms with Gasteiger partial charge in [-0.05, 0) is 59.7 Å². The molecular formula is C28H30ClNO6. The first kappa shape index (κ1) is 28.6. The van der Waals surface area contributed by atoms with Gasteiger partial charge in [-0.3, -0.25) is 4.79 Å². The predicted octanol–water partition coefficient (Wildman–Crippen LogP) is 5.44. The van der Waals surface area contributed by atoms with E-state index in [0.29, 0.717) is 27.8 Å². The van der Waals surface area contributed by atoms with Crippen LogP contribution in [0.5, 0.6) is 0 Å². The molecule has 0 aliphatic heterocycles. The summed E-state index contributed by atoms with van der Waals surface area (Å²) in [6.45, 7) is 3.83.